The molecule has 0 aliphatic heterocycles. The van der Waals surface area contributed by atoms with Crippen molar-refractivity contribution in [2.75, 3.05) is 5.88 Å². The molecule has 0 aromatic heterocycles. The van der Waals surface area contributed by atoms with Gasteiger partial charge in [0.15, 0.2) is 0 Å². The van der Waals surface area contributed by atoms with Crippen molar-refractivity contribution in [1.29, 1.82) is 0 Å². The SMILES string of the molecule is C#C.CC/C=C\C(C)=C/CCl. The van der Waals surface area contributed by atoms with Gasteiger partial charge >= 0.3 is 0 Å². The molecule has 62 valence electrons. The topological polar surface area (TPSA) is 0 Å². The van der Waals surface area contributed by atoms with Crippen LogP contribution in [0.5, 0.6) is 0 Å². The zero-order valence-electron chi connectivity index (χ0n) is 7.18. The molecule has 0 rings (SSSR count). The molecule has 0 bridgehead atoms. The molecule has 0 unspecified atom stereocenters. The van der Waals surface area contributed by atoms with Crippen molar-refractivity contribution in [2.24, 2.45) is 0 Å². The Hall–Kier alpha value is -0.670. The fourth-order valence-electron chi connectivity index (χ4n) is 0.493. The molecule has 0 aromatic carbocycles. The summed E-state index contributed by atoms with van der Waals surface area (Å²) in [6.45, 7) is 4.17. The maximum atomic E-state index is 5.47. The highest BCUT2D eigenvalue weighted by Gasteiger charge is 1.76. The minimum atomic E-state index is 0.611. The van der Waals surface area contributed by atoms with Gasteiger partial charge in [-0.3, -0.25) is 0 Å². The number of alkyl halides is 1. The highest BCUT2D eigenvalue weighted by Crippen LogP contribution is 1.96. The number of rotatable bonds is 3. The van der Waals surface area contributed by atoms with E-state index >= 15 is 0 Å². The van der Waals surface area contributed by atoms with Crippen LogP contribution in [-0.2, 0) is 0 Å². The van der Waals surface area contributed by atoms with Crippen LogP contribution in [0.3, 0.4) is 0 Å². The second-order valence-electron chi connectivity index (χ2n) is 1.91. The Morgan fingerprint density at radius 1 is 1.45 bits per heavy atom. The highest BCUT2D eigenvalue weighted by atomic mass is 35.5. The van der Waals surface area contributed by atoms with Crippen LogP contribution in [0.2, 0.25) is 0 Å². The first-order chi connectivity index (χ1) is 5.31. The molecule has 0 aromatic rings. The lowest BCUT2D eigenvalue weighted by Crippen LogP contribution is -1.68. The van der Waals surface area contributed by atoms with Crippen molar-refractivity contribution in [2.45, 2.75) is 20.3 Å². The molecular formula is C10H15Cl. The second kappa shape index (κ2) is 12.0. The second-order valence-corrected chi connectivity index (χ2v) is 2.22. The van der Waals surface area contributed by atoms with Gasteiger partial charge in [0.25, 0.3) is 0 Å². The summed E-state index contributed by atoms with van der Waals surface area (Å²) < 4.78 is 0. The van der Waals surface area contributed by atoms with Crippen LogP contribution in [0.1, 0.15) is 20.3 Å². The Morgan fingerprint density at radius 2 is 2.00 bits per heavy atom. The summed E-state index contributed by atoms with van der Waals surface area (Å²) in [4.78, 5) is 0. The van der Waals surface area contributed by atoms with Gasteiger partial charge in [-0.1, -0.05) is 30.7 Å². The lowest BCUT2D eigenvalue weighted by atomic mass is 10.2. The average molecular weight is 171 g/mol. The molecule has 0 heterocycles. The van der Waals surface area contributed by atoms with Crippen molar-refractivity contribution in [3.05, 3.63) is 23.8 Å². The molecule has 0 fully saturated rings. The van der Waals surface area contributed by atoms with Gasteiger partial charge in [-0.2, -0.15) is 0 Å². The van der Waals surface area contributed by atoms with E-state index in [2.05, 4.69) is 38.8 Å². The molecule has 1 heteroatoms. The quantitative estimate of drug-likeness (QED) is 0.346. The van der Waals surface area contributed by atoms with Crippen LogP contribution in [0, 0.1) is 12.8 Å². The van der Waals surface area contributed by atoms with Crippen LogP contribution in [0.4, 0.5) is 0 Å². The summed E-state index contributed by atoms with van der Waals surface area (Å²) in [5.41, 5.74) is 1.24. The fourth-order valence-corrected chi connectivity index (χ4v) is 0.737. The van der Waals surface area contributed by atoms with Gasteiger partial charge in [-0.15, -0.1) is 24.4 Å². The van der Waals surface area contributed by atoms with Crippen LogP contribution < -0.4 is 0 Å². The summed E-state index contributed by atoms with van der Waals surface area (Å²) in [5.74, 6) is 0.611. The van der Waals surface area contributed by atoms with Crippen LogP contribution >= 0.6 is 11.6 Å². The van der Waals surface area contributed by atoms with Gasteiger partial charge in [0.1, 0.15) is 0 Å². The predicted molar refractivity (Wildman–Crippen MR) is 53.8 cm³/mol. The van der Waals surface area contributed by atoms with E-state index in [1.165, 1.54) is 5.57 Å². The van der Waals surface area contributed by atoms with Crippen molar-refractivity contribution in [3.8, 4) is 12.8 Å². The molecule has 0 saturated carbocycles. The third-order valence-corrected chi connectivity index (χ3v) is 1.17. The Kier molecular flexibility index (Phi) is 14.2. The summed E-state index contributed by atoms with van der Waals surface area (Å²) in [5, 5.41) is 0. The predicted octanol–water partition coefficient (Wildman–Crippen LogP) is 3.39. The molecular weight excluding hydrogens is 156 g/mol. The molecule has 0 saturated heterocycles. The Bertz CT molecular complexity index is 140. The summed E-state index contributed by atoms with van der Waals surface area (Å²) >= 11 is 5.47. The maximum Gasteiger partial charge on any atom is 0.0409 e. The Balaban J connectivity index is 0. The first-order valence-corrected chi connectivity index (χ1v) is 4.07. The molecule has 0 atom stereocenters. The molecule has 0 aliphatic carbocycles. The minimum Gasteiger partial charge on any atom is -0.124 e. The third-order valence-electron chi connectivity index (χ3n) is 1.02. The van der Waals surface area contributed by atoms with Gasteiger partial charge < -0.3 is 0 Å². The van der Waals surface area contributed by atoms with Gasteiger partial charge in [-0.05, 0) is 13.3 Å². The maximum absolute atomic E-state index is 5.47. The van der Waals surface area contributed by atoms with Crippen molar-refractivity contribution in [1.82, 2.24) is 0 Å². The number of hydrogen-bond donors (Lipinski definition) is 0. The average Bonchev–Trinajstić information content (AvgIpc) is 2.05. The first kappa shape index (κ1) is 13.0. The molecule has 0 nitrogen and oxygen atoms in total. The van der Waals surface area contributed by atoms with Crippen LogP contribution in [0.25, 0.3) is 0 Å². The highest BCUT2D eigenvalue weighted by molar-refractivity contribution is 6.18. The van der Waals surface area contributed by atoms with E-state index in [0.29, 0.717) is 5.88 Å². The largest absolute Gasteiger partial charge is 0.124 e. The van der Waals surface area contributed by atoms with E-state index in [9.17, 15) is 0 Å². The Morgan fingerprint density at radius 3 is 2.36 bits per heavy atom. The first-order valence-electron chi connectivity index (χ1n) is 3.53. The van der Waals surface area contributed by atoms with E-state index in [4.69, 9.17) is 11.6 Å². The zero-order valence-corrected chi connectivity index (χ0v) is 7.93. The van der Waals surface area contributed by atoms with Gasteiger partial charge in [0.05, 0.1) is 0 Å². The summed E-state index contributed by atoms with van der Waals surface area (Å²) in [6.07, 6.45) is 15.3. The molecule has 0 amide bonds. The molecule has 0 aliphatic rings. The third kappa shape index (κ3) is 12.5. The van der Waals surface area contributed by atoms with Gasteiger partial charge in [0.2, 0.25) is 0 Å². The van der Waals surface area contributed by atoms with Gasteiger partial charge in [-0.25, -0.2) is 0 Å². The number of halogens is 1. The lowest BCUT2D eigenvalue weighted by molar-refractivity contribution is 1.22. The van der Waals surface area contributed by atoms with E-state index in [1.54, 1.807) is 0 Å². The molecule has 0 N–H and O–H groups in total. The molecule has 0 spiro atoms. The van der Waals surface area contributed by atoms with E-state index in [-0.39, 0.29) is 0 Å². The van der Waals surface area contributed by atoms with Crippen LogP contribution in [-0.4, -0.2) is 5.88 Å². The Labute approximate surface area is 75.0 Å². The number of allylic oxidation sites excluding steroid dienone is 4. The lowest BCUT2D eigenvalue weighted by Gasteiger charge is -1.86. The van der Waals surface area contributed by atoms with Crippen molar-refractivity contribution >= 4 is 11.6 Å². The zero-order chi connectivity index (χ0) is 9.11. The standard InChI is InChI=1S/C8H13Cl.C2H2/c1-3-4-5-8(2)6-7-9;1-2/h4-6H,3,7H2,1-2H3;1-2H/b5-4-,8-6-;. The summed E-state index contributed by atoms with van der Waals surface area (Å²) in [7, 11) is 0. The van der Waals surface area contributed by atoms with Crippen molar-refractivity contribution in [3.63, 3.8) is 0 Å². The van der Waals surface area contributed by atoms with E-state index in [0.717, 1.165) is 6.42 Å². The van der Waals surface area contributed by atoms with Gasteiger partial charge in [0, 0.05) is 5.88 Å². The normalized spacial score (nSPS) is 10.8. The smallest absolute Gasteiger partial charge is 0.0409 e. The number of hydrogen-bond acceptors (Lipinski definition) is 0. The monoisotopic (exact) mass is 170 g/mol. The fraction of sp³-hybridized carbons (Fsp3) is 0.400. The van der Waals surface area contributed by atoms with Crippen molar-refractivity contribution < 1.29 is 0 Å². The molecule has 0 radical (unpaired) electrons. The molecule has 11 heavy (non-hydrogen) atoms. The minimum absolute atomic E-state index is 0.611. The van der Waals surface area contributed by atoms with Crippen LogP contribution in [0.15, 0.2) is 23.8 Å². The van der Waals surface area contributed by atoms with E-state index in [1.807, 2.05) is 6.08 Å². The number of terminal acetylenes is 1. The summed E-state index contributed by atoms with van der Waals surface area (Å²) in [6, 6.07) is 0. The van der Waals surface area contributed by atoms with E-state index < -0.39 is 0 Å².